The fourth-order valence-corrected chi connectivity index (χ4v) is 1.97. The average molecular weight is 238 g/mol. The van der Waals surface area contributed by atoms with Crippen molar-refractivity contribution in [2.75, 3.05) is 6.54 Å². The van der Waals surface area contributed by atoms with Crippen LogP contribution >= 0.6 is 0 Å². The Morgan fingerprint density at radius 1 is 1.76 bits per heavy atom. The van der Waals surface area contributed by atoms with E-state index in [9.17, 15) is 4.79 Å². The maximum absolute atomic E-state index is 11.7. The van der Waals surface area contributed by atoms with Crippen LogP contribution in [0.5, 0.6) is 0 Å². The third kappa shape index (κ3) is 2.83. The Kier molecular flexibility index (Phi) is 3.44. The molecule has 1 unspecified atom stereocenters. The van der Waals surface area contributed by atoms with Crippen molar-refractivity contribution in [2.45, 2.75) is 25.0 Å². The maximum Gasteiger partial charge on any atom is 0.241 e. The molecule has 1 atom stereocenters. The van der Waals surface area contributed by atoms with Gasteiger partial charge < -0.3 is 16.2 Å². The topological polar surface area (TPSA) is 93.2 Å². The summed E-state index contributed by atoms with van der Waals surface area (Å²) >= 11 is 0. The highest BCUT2D eigenvalue weighted by molar-refractivity contribution is 5.82. The van der Waals surface area contributed by atoms with Gasteiger partial charge in [0.1, 0.15) is 6.04 Å². The Morgan fingerprint density at radius 3 is 3.00 bits per heavy atom. The first-order valence-corrected chi connectivity index (χ1v) is 5.76. The van der Waals surface area contributed by atoms with E-state index in [1.165, 1.54) is 0 Å². The van der Waals surface area contributed by atoms with E-state index in [1.807, 2.05) is 0 Å². The second-order valence-electron chi connectivity index (χ2n) is 4.66. The number of nitrogens with zero attached hydrogens (tertiary/aromatic N) is 2. The van der Waals surface area contributed by atoms with Gasteiger partial charge in [-0.3, -0.25) is 9.48 Å². The van der Waals surface area contributed by atoms with Crippen molar-refractivity contribution in [3.8, 4) is 0 Å². The van der Waals surface area contributed by atoms with E-state index in [0.717, 1.165) is 12.8 Å². The lowest BCUT2D eigenvalue weighted by molar-refractivity contribution is -0.123. The Hall–Kier alpha value is -1.40. The van der Waals surface area contributed by atoms with Crippen molar-refractivity contribution < 1.29 is 9.90 Å². The summed E-state index contributed by atoms with van der Waals surface area (Å²) in [5.74, 6) is 0.189. The van der Waals surface area contributed by atoms with Crippen molar-refractivity contribution in [1.82, 2.24) is 15.1 Å². The zero-order valence-electron chi connectivity index (χ0n) is 9.84. The van der Waals surface area contributed by atoms with Gasteiger partial charge in [0, 0.05) is 25.4 Å². The molecule has 1 aliphatic carbocycles. The molecule has 4 N–H and O–H groups in total. The van der Waals surface area contributed by atoms with E-state index in [4.69, 9.17) is 10.8 Å². The molecule has 94 valence electrons. The highest BCUT2D eigenvalue weighted by Gasteiger charge is 2.28. The van der Waals surface area contributed by atoms with Crippen LogP contribution in [-0.2, 0) is 11.8 Å². The van der Waals surface area contributed by atoms with Gasteiger partial charge in [0.05, 0.1) is 12.3 Å². The molecule has 1 aromatic rings. The first-order valence-electron chi connectivity index (χ1n) is 5.76. The van der Waals surface area contributed by atoms with Crippen LogP contribution in [0.3, 0.4) is 0 Å². The largest absolute Gasteiger partial charge is 0.393 e. The zero-order valence-corrected chi connectivity index (χ0v) is 9.84. The fraction of sp³-hybridized carbons (Fsp3) is 0.636. The number of aliphatic hydroxyl groups excluding tert-OH is 1. The average Bonchev–Trinajstić information content (AvgIpc) is 2.68. The molecule has 6 nitrogen and oxygen atoms in total. The number of hydrogen-bond acceptors (Lipinski definition) is 4. The van der Waals surface area contributed by atoms with E-state index in [-0.39, 0.29) is 12.0 Å². The molecule has 1 saturated carbocycles. The predicted octanol–water partition coefficient (Wildman–Crippen LogP) is -0.693. The lowest BCUT2D eigenvalue weighted by Gasteiger charge is -2.31. The number of carbonyl (C=O) groups is 1. The fourth-order valence-electron chi connectivity index (χ4n) is 1.97. The molecule has 0 bridgehead atoms. The number of nitrogens with two attached hydrogens (primary N) is 1. The van der Waals surface area contributed by atoms with Crippen LogP contribution in [0.1, 0.15) is 24.4 Å². The van der Waals surface area contributed by atoms with Gasteiger partial charge in [-0.2, -0.15) is 5.10 Å². The predicted molar refractivity (Wildman–Crippen MR) is 61.9 cm³/mol. The summed E-state index contributed by atoms with van der Waals surface area (Å²) in [7, 11) is 1.78. The molecule has 17 heavy (non-hydrogen) atoms. The Balaban J connectivity index is 1.79. The van der Waals surface area contributed by atoms with Crippen LogP contribution in [0.25, 0.3) is 0 Å². The molecule has 1 aromatic heterocycles. The number of hydrogen-bond donors (Lipinski definition) is 3. The highest BCUT2D eigenvalue weighted by Crippen LogP contribution is 2.26. The Bertz CT molecular complexity index is 398. The summed E-state index contributed by atoms with van der Waals surface area (Å²) < 4.78 is 1.62. The molecule has 1 fully saturated rings. The smallest absolute Gasteiger partial charge is 0.241 e. The van der Waals surface area contributed by atoms with E-state index in [1.54, 1.807) is 24.1 Å². The minimum atomic E-state index is -0.673. The van der Waals surface area contributed by atoms with Crippen LogP contribution in [0.15, 0.2) is 12.4 Å². The minimum Gasteiger partial charge on any atom is -0.393 e. The number of rotatable bonds is 4. The van der Waals surface area contributed by atoms with Gasteiger partial charge in [-0.25, -0.2) is 0 Å². The second kappa shape index (κ2) is 4.85. The van der Waals surface area contributed by atoms with Gasteiger partial charge in [0.15, 0.2) is 0 Å². The number of carbonyl (C=O) groups excluding carboxylic acids is 1. The van der Waals surface area contributed by atoms with E-state index in [0.29, 0.717) is 18.0 Å². The third-order valence-electron chi connectivity index (χ3n) is 3.14. The Labute approximate surface area is 99.8 Å². The van der Waals surface area contributed by atoms with Gasteiger partial charge in [-0.15, -0.1) is 0 Å². The molecule has 6 heteroatoms. The second-order valence-corrected chi connectivity index (χ2v) is 4.66. The van der Waals surface area contributed by atoms with Crippen molar-refractivity contribution in [3.05, 3.63) is 18.0 Å². The van der Waals surface area contributed by atoms with Gasteiger partial charge >= 0.3 is 0 Å². The summed E-state index contributed by atoms with van der Waals surface area (Å²) in [4.78, 5) is 11.7. The third-order valence-corrected chi connectivity index (χ3v) is 3.14. The monoisotopic (exact) mass is 238 g/mol. The molecule has 2 rings (SSSR count). The molecule has 0 aromatic carbocycles. The van der Waals surface area contributed by atoms with Gasteiger partial charge in [-0.05, 0) is 18.8 Å². The standard InChI is InChI=1S/C11H18N4O2/c1-15-6-8(5-14-15)10(12)11(17)13-4-7-2-9(16)3-7/h5-7,9-10,16H,2-4,12H2,1H3,(H,13,17). The van der Waals surface area contributed by atoms with Crippen LogP contribution in [0.4, 0.5) is 0 Å². The summed E-state index contributed by atoms with van der Waals surface area (Å²) in [5.41, 5.74) is 6.52. The molecular weight excluding hydrogens is 220 g/mol. The Morgan fingerprint density at radius 2 is 2.47 bits per heavy atom. The first kappa shape index (κ1) is 12.1. The summed E-state index contributed by atoms with van der Waals surface area (Å²) in [5, 5.41) is 15.9. The summed E-state index contributed by atoms with van der Waals surface area (Å²) in [6.07, 6.45) is 4.67. The van der Waals surface area contributed by atoms with Crippen molar-refractivity contribution in [2.24, 2.45) is 18.7 Å². The van der Waals surface area contributed by atoms with Gasteiger partial charge in [0.2, 0.25) is 5.91 Å². The quantitative estimate of drug-likeness (QED) is 0.647. The van der Waals surface area contributed by atoms with Crippen molar-refractivity contribution in [1.29, 1.82) is 0 Å². The highest BCUT2D eigenvalue weighted by atomic mass is 16.3. The van der Waals surface area contributed by atoms with Crippen molar-refractivity contribution in [3.63, 3.8) is 0 Å². The lowest BCUT2D eigenvalue weighted by Crippen LogP contribution is -2.41. The first-order chi connectivity index (χ1) is 8.06. The number of aliphatic hydroxyl groups is 1. The van der Waals surface area contributed by atoms with Gasteiger partial charge in [0.25, 0.3) is 0 Å². The number of aromatic nitrogens is 2. The van der Waals surface area contributed by atoms with E-state index >= 15 is 0 Å². The minimum absolute atomic E-state index is 0.191. The molecule has 0 radical (unpaired) electrons. The normalized spacial score (nSPS) is 25.1. The van der Waals surface area contributed by atoms with Gasteiger partial charge in [-0.1, -0.05) is 0 Å². The molecule has 0 aliphatic heterocycles. The number of aryl methyl sites for hydroxylation is 1. The number of amides is 1. The van der Waals surface area contributed by atoms with Crippen LogP contribution < -0.4 is 11.1 Å². The van der Waals surface area contributed by atoms with Crippen molar-refractivity contribution >= 4 is 5.91 Å². The molecule has 1 amide bonds. The molecule has 1 heterocycles. The number of nitrogens with one attached hydrogen (secondary N) is 1. The van der Waals surface area contributed by atoms with E-state index in [2.05, 4.69) is 10.4 Å². The van der Waals surface area contributed by atoms with E-state index < -0.39 is 6.04 Å². The molecule has 1 aliphatic rings. The van der Waals surface area contributed by atoms with Crippen LogP contribution in [0, 0.1) is 5.92 Å². The molecule has 0 spiro atoms. The lowest BCUT2D eigenvalue weighted by atomic mass is 9.82. The summed E-state index contributed by atoms with van der Waals surface area (Å²) in [6, 6.07) is -0.673. The molecular formula is C11H18N4O2. The molecule has 0 saturated heterocycles. The SMILES string of the molecule is Cn1cc(C(N)C(=O)NCC2CC(O)C2)cn1. The van der Waals surface area contributed by atoms with Crippen LogP contribution in [0.2, 0.25) is 0 Å². The summed E-state index contributed by atoms with van der Waals surface area (Å²) in [6.45, 7) is 0.587. The maximum atomic E-state index is 11.7. The van der Waals surface area contributed by atoms with Crippen LogP contribution in [-0.4, -0.2) is 33.4 Å². The zero-order chi connectivity index (χ0) is 12.4.